The summed E-state index contributed by atoms with van der Waals surface area (Å²) in [6, 6.07) is 0. The summed E-state index contributed by atoms with van der Waals surface area (Å²) in [5.74, 6) is 2.27. The van der Waals surface area contributed by atoms with Crippen molar-refractivity contribution in [1.29, 1.82) is 0 Å². The van der Waals surface area contributed by atoms with Crippen LogP contribution in [-0.4, -0.2) is 38.9 Å². The number of thioether (sulfide) groups is 1. The van der Waals surface area contributed by atoms with Crippen LogP contribution in [0.1, 0.15) is 22.5 Å². The molecule has 1 aromatic heterocycles. The summed E-state index contributed by atoms with van der Waals surface area (Å²) >= 11 is 1.99. The topological polar surface area (TPSA) is 67.2 Å². The number of nitrogens with one attached hydrogen (secondary N) is 1. The molecule has 1 unspecified atom stereocenters. The highest BCUT2D eigenvalue weighted by molar-refractivity contribution is 7.99. The Morgan fingerprint density at radius 2 is 2.59 bits per heavy atom. The smallest absolute Gasteiger partial charge is 0.339 e. The van der Waals surface area contributed by atoms with Gasteiger partial charge in [-0.3, -0.25) is 4.68 Å². The minimum Gasteiger partial charge on any atom is -0.478 e. The fraction of sp³-hybridized carbons (Fsp3) is 0.636. The van der Waals surface area contributed by atoms with E-state index in [0.29, 0.717) is 12.1 Å². The van der Waals surface area contributed by atoms with Gasteiger partial charge in [0.15, 0.2) is 0 Å². The van der Waals surface area contributed by atoms with E-state index in [-0.39, 0.29) is 0 Å². The van der Waals surface area contributed by atoms with Crippen LogP contribution in [0.3, 0.4) is 0 Å². The first kappa shape index (κ1) is 12.4. The summed E-state index contributed by atoms with van der Waals surface area (Å²) in [4.78, 5) is 11.0. The van der Waals surface area contributed by atoms with Crippen LogP contribution in [0.15, 0.2) is 6.20 Å². The number of rotatable bonds is 5. The van der Waals surface area contributed by atoms with Crippen LogP contribution in [0, 0.1) is 5.92 Å². The van der Waals surface area contributed by atoms with Crippen LogP contribution in [0.5, 0.6) is 0 Å². The van der Waals surface area contributed by atoms with Crippen molar-refractivity contribution in [2.45, 2.75) is 13.0 Å². The molecule has 1 aliphatic rings. The van der Waals surface area contributed by atoms with Gasteiger partial charge in [-0.15, -0.1) is 0 Å². The fourth-order valence-corrected chi connectivity index (χ4v) is 3.27. The summed E-state index contributed by atoms with van der Waals surface area (Å²) in [6.07, 6.45) is 2.67. The maximum Gasteiger partial charge on any atom is 0.339 e. The minimum atomic E-state index is -0.911. The van der Waals surface area contributed by atoms with Crippen LogP contribution in [-0.2, 0) is 13.6 Å². The predicted octanol–water partition coefficient (Wildman–Crippen LogP) is 0.961. The van der Waals surface area contributed by atoms with Crippen molar-refractivity contribution < 1.29 is 9.90 Å². The van der Waals surface area contributed by atoms with Crippen LogP contribution in [0.2, 0.25) is 0 Å². The Balaban J connectivity index is 1.89. The second-order valence-corrected chi connectivity index (χ2v) is 5.44. The second-order valence-electron chi connectivity index (χ2n) is 4.29. The van der Waals surface area contributed by atoms with Crippen molar-refractivity contribution in [2.24, 2.45) is 13.0 Å². The number of aryl methyl sites for hydroxylation is 1. The summed E-state index contributed by atoms with van der Waals surface area (Å²) in [6.45, 7) is 1.52. The molecule has 2 heterocycles. The van der Waals surface area contributed by atoms with Gasteiger partial charge in [-0.1, -0.05) is 0 Å². The molecule has 0 aliphatic carbocycles. The Kier molecular flexibility index (Phi) is 4.06. The Morgan fingerprint density at radius 3 is 3.24 bits per heavy atom. The van der Waals surface area contributed by atoms with Crippen LogP contribution in [0.4, 0.5) is 0 Å². The zero-order valence-electron chi connectivity index (χ0n) is 9.85. The van der Waals surface area contributed by atoms with E-state index < -0.39 is 5.97 Å². The van der Waals surface area contributed by atoms with Gasteiger partial charge in [0.1, 0.15) is 5.56 Å². The molecule has 17 heavy (non-hydrogen) atoms. The monoisotopic (exact) mass is 255 g/mol. The summed E-state index contributed by atoms with van der Waals surface area (Å²) in [7, 11) is 1.77. The van der Waals surface area contributed by atoms with Gasteiger partial charge in [0.05, 0.1) is 11.9 Å². The second kappa shape index (κ2) is 5.55. The lowest BCUT2D eigenvalue weighted by molar-refractivity contribution is 0.0695. The molecule has 1 atom stereocenters. The van der Waals surface area contributed by atoms with Crippen LogP contribution in [0.25, 0.3) is 0 Å². The van der Waals surface area contributed by atoms with Crippen molar-refractivity contribution >= 4 is 17.7 Å². The Morgan fingerprint density at radius 1 is 1.76 bits per heavy atom. The molecule has 0 aromatic carbocycles. The Bertz CT molecular complexity index is 399. The molecule has 0 saturated carbocycles. The summed E-state index contributed by atoms with van der Waals surface area (Å²) in [5, 5.41) is 16.3. The molecule has 6 heteroatoms. The van der Waals surface area contributed by atoms with Gasteiger partial charge in [-0.25, -0.2) is 4.79 Å². The predicted molar refractivity (Wildman–Crippen MR) is 67.3 cm³/mol. The van der Waals surface area contributed by atoms with Crippen molar-refractivity contribution in [3.63, 3.8) is 0 Å². The molecule has 0 amide bonds. The van der Waals surface area contributed by atoms with Gasteiger partial charge in [-0.2, -0.15) is 16.9 Å². The number of hydrogen-bond donors (Lipinski definition) is 2. The number of aromatic nitrogens is 2. The summed E-state index contributed by atoms with van der Waals surface area (Å²) < 4.78 is 1.62. The molecule has 94 valence electrons. The molecular formula is C11H17N3O2S. The maximum absolute atomic E-state index is 11.0. The van der Waals surface area contributed by atoms with Crippen molar-refractivity contribution in [2.75, 3.05) is 18.1 Å². The highest BCUT2D eigenvalue weighted by Crippen LogP contribution is 2.22. The Hall–Kier alpha value is -1.01. The molecule has 2 rings (SSSR count). The molecule has 2 N–H and O–H groups in total. The average Bonchev–Trinajstić information content (AvgIpc) is 2.89. The van der Waals surface area contributed by atoms with Gasteiger partial charge in [-0.05, 0) is 30.4 Å². The van der Waals surface area contributed by atoms with E-state index in [1.54, 1.807) is 11.7 Å². The number of nitrogens with zero attached hydrogens (tertiary/aromatic N) is 2. The van der Waals surface area contributed by atoms with Gasteiger partial charge in [0.2, 0.25) is 0 Å². The first-order valence-electron chi connectivity index (χ1n) is 5.71. The first-order valence-corrected chi connectivity index (χ1v) is 6.86. The molecule has 1 aliphatic heterocycles. The fourth-order valence-electron chi connectivity index (χ4n) is 1.99. The summed E-state index contributed by atoms with van der Waals surface area (Å²) in [5.41, 5.74) is 1.03. The third-order valence-electron chi connectivity index (χ3n) is 3.04. The third kappa shape index (κ3) is 3.01. The van der Waals surface area contributed by atoms with Crippen molar-refractivity contribution in [3.05, 3.63) is 17.5 Å². The van der Waals surface area contributed by atoms with E-state index in [2.05, 4.69) is 10.4 Å². The minimum absolute atomic E-state index is 0.292. The number of aromatic carboxylic acids is 1. The lowest BCUT2D eigenvalue weighted by Crippen LogP contribution is -2.24. The van der Waals surface area contributed by atoms with E-state index in [4.69, 9.17) is 5.11 Å². The van der Waals surface area contributed by atoms with E-state index in [0.717, 1.165) is 18.2 Å². The highest BCUT2D eigenvalue weighted by atomic mass is 32.2. The maximum atomic E-state index is 11.0. The normalized spacial score (nSPS) is 19.7. The molecule has 5 nitrogen and oxygen atoms in total. The molecular weight excluding hydrogens is 238 g/mol. The Labute approximate surface area is 105 Å². The molecule has 1 fully saturated rings. The zero-order valence-corrected chi connectivity index (χ0v) is 10.7. The van der Waals surface area contributed by atoms with Crippen LogP contribution >= 0.6 is 11.8 Å². The standard InChI is InChI=1S/C11H17N3O2S/c1-14-10(9(5-13-14)11(15)16)6-12-4-8-2-3-17-7-8/h5,8,12H,2-4,6-7H2,1H3,(H,15,16). The van der Waals surface area contributed by atoms with E-state index >= 15 is 0 Å². The van der Waals surface area contributed by atoms with E-state index in [9.17, 15) is 4.79 Å². The lowest BCUT2D eigenvalue weighted by Gasteiger charge is -2.10. The molecule has 0 bridgehead atoms. The lowest BCUT2D eigenvalue weighted by atomic mass is 10.1. The van der Waals surface area contributed by atoms with Gasteiger partial charge < -0.3 is 10.4 Å². The molecule has 0 spiro atoms. The van der Waals surface area contributed by atoms with E-state index in [1.807, 2.05) is 11.8 Å². The van der Waals surface area contributed by atoms with Crippen molar-refractivity contribution in [3.8, 4) is 0 Å². The molecule has 1 aromatic rings. The molecule has 1 saturated heterocycles. The quantitative estimate of drug-likeness (QED) is 0.820. The number of carboxylic acids is 1. The molecule has 0 radical (unpaired) electrons. The first-order chi connectivity index (χ1) is 8.18. The average molecular weight is 255 g/mol. The zero-order chi connectivity index (χ0) is 12.3. The van der Waals surface area contributed by atoms with E-state index in [1.165, 1.54) is 24.1 Å². The SMILES string of the molecule is Cn1ncc(C(=O)O)c1CNCC1CCSC1. The third-order valence-corrected chi connectivity index (χ3v) is 4.27. The largest absolute Gasteiger partial charge is 0.478 e. The van der Waals surface area contributed by atoms with Gasteiger partial charge in [0.25, 0.3) is 0 Å². The van der Waals surface area contributed by atoms with Gasteiger partial charge in [0, 0.05) is 13.6 Å². The van der Waals surface area contributed by atoms with Gasteiger partial charge >= 0.3 is 5.97 Å². The number of carbonyl (C=O) groups is 1. The number of hydrogen-bond acceptors (Lipinski definition) is 4. The highest BCUT2D eigenvalue weighted by Gasteiger charge is 2.17. The van der Waals surface area contributed by atoms with Crippen molar-refractivity contribution in [1.82, 2.24) is 15.1 Å². The van der Waals surface area contributed by atoms with Crippen LogP contribution < -0.4 is 5.32 Å². The number of carboxylic acid groups (broad SMARTS) is 1.